The zero-order valence-electron chi connectivity index (χ0n) is 14.2. The molecule has 8 heteroatoms. The summed E-state index contributed by atoms with van der Waals surface area (Å²) in [5.41, 5.74) is 2.46. The molecule has 6 nitrogen and oxygen atoms in total. The summed E-state index contributed by atoms with van der Waals surface area (Å²) in [6, 6.07) is 12.9. The van der Waals surface area contributed by atoms with Crippen molar-refractivity contribution in [1.29, 1.82) is 0 Å². The lowest BCUT2D eigenvalue weighted by Gasteiger charge is -2.08. The maximum atomic E-state index is 12.2. The van der Waals surface area contributed by atoms with Crippen molar-refractivity contribution in [2.75, 3.05) is 18.2 Å². The highest BCUT2D eigenvalue weighted by Gasteiger charge is 2.12. The number of carbonyl (C=O) groups is 1. The Morgan fingerprint density at radius 2 is 2.12 bits per heavy atom. The number of nitrogens with one attached hydrogen (secondary N) is 2. The number of amides is 1. The molecule has 0 fully saturated rings. The Hall–Kier alpha value is -2.51. The smallest absolute Gasteiger partial charge is 0.234 e. The molecule has 0 radical (unpaired) electrons. The van der Waals surface area contributed by atoms with E-state index in [9.17, 15) is 4.79 Å². The number of anilines is 1. The first kappa shape index (κ1) is 18.3. The van der Waals surface area contributed by atoms with Gasteiger partial charge in [0.25, 0.3) is 0 Å². The number of para-hydroxylation sites is 1. The highest BCUT2D eigenvalue weighted by Crippen LogP contribution is 2.28. The van der Waals surface area contributed by atoms with Gasteiger partial charge >= 0.3 is 0 Å². The normalized spacial score (nSPS) is 10.6. The number of rotatable bonds is 6. The fraction of sp³-hybridized carbons (Fsp3) is 0.167. The van der Waals surface area contributed by atoms with E-state index in [4.69, 9.17) is 16.3 Å². The first-order valence-corrected chi connectivity index (χ1v) is 9.18. The van der Waals surface area contributed by atoms with Crippen LogP contribution in [0.1, 0.15) is 5.56 Å². The average Bonchev–Trinajstić information content (AvgIpc) is 3.12. The lowest BCUT2D eigenvalue weighted by molar-refractivity contribution is -0.113. The molecule has 0 spiro atoms. The standard InChI is InChI=1S/C18H17ClN4O2S/c1-11-7-8-12(19)9-14(11)20-16(24)10-26-18-21-17(22-23-18)13-5-3-4-6-15(13)25-2/h3-9H,10H2,1-2H3,(H,20,24)(H,21,22,23). The number of nitrogens with zero attached hydrogens (tertiary/aromatic N) is 2. The van der Waals surface area contributed by atoms with Crippen molar-refractivity contribution in [1.82, 2.24) is 15.2 Å². The summed E-state index contributed by atoms with van der Waals surface area (Å²) >= 11 is 7.22. The van der Waals surface area contributed by atoms with E-state index in [0.717, 1.165) is 11.1 Å². The van der Waals surface area contributed by atoms with Gasteiger partial charge in [0.1, 0.15) is 5.75 Å². The minimum atomic E-state index is -0.149. The number of aromatic nitrogens is 3. The van der Waals surface area contributed by atoms with Crippen molar-refractivity contribution >= 4 is 35.0 Å². The van der Waals surface area contributed by atoms with Crippen LogP contribution in [-0.4, -0.2) is 34.0 Å². The first-order chi connectivity index (χ1) is 12.6. The number of H-pyrrole nitrogens is 1. The van der Waals surface area contributed by atoms with Crippen molar-refractivity contribution in [3.8, 4) is 17.1 Å². The number of thioether (sulfide) groups is 1. The molecule has 0 saturated carbocycles. The Kier molecular flexibility index (Phi) is 5.80. The molecule has 134 valence electrons. The van der Waals surface area contributed by atoms with Gasteiger partial charge in [0.15, 0.2) is 5.82 Å². The fourth-order valence-electron chi connectivity index (χ4n) is 2.32. The number of benzene rings is 2. The van der Waals surface area contributed by atoms with E-state index in [1.807, 2.05) is 37.3 Å². The van der Waals surface area contributed by atoms with Crippen molar-refractivity contribution in [3.05, 3.63) is 53.1 Å². The van der Waals surface area contributed by atoms with Crippen molar-refractivity contribution in [2.24, 2.45) is 0 Å². The molecule has 1 amide bonds. The summed E-state index contributed by atoms with van der Waals surface area (Å²) in [7, 11) is 1.60. The van der Waals surface area contributed by atoms with Crippen LogP contribution in [0.4, 0.5) is 5.69 Å². The summed E-state index contributed by atoms with van der Waals surface area (Å²) in [6.07, 6.45) is 0. The molecule has 3 rings (SSSR count). The van der Waals surface area contributed by atoms with E-state index in [1.165, 1.54) is 11.8 Å². The number of halogens is 1. The number of carbonyl (C=O) groups excluding carboxylic acids is 1. The van der Waals surface area contributed by atoms with Gasteiger partial charge in [-0.05, 0) is 36.8 Å². The van der Waals surface area contributed by atoms with Gasteiger partial charge in [-0.1, -0.05) is 41.6 Å². The molecule has 0 saturated heterocycles. The topological polar surface area (TPSA) is 79.9 Å². The quantitative estimate of drug-likeness (QED) is 0.619. The predicted octanol–water partition coefficient (Wildman–Crippen LogP) is 4.17. The van der Waals surface area contributed by atoms with Gasteiger partial charge in [-0.2, -0.15) is 0 Å². The molecule has 1 heterocycles. The number of ether oxygens (including phenoxy) is 1. The molecule has 0 aliphatic carbocycles. The third kappa shape index (κ3) is 4.36. The molecular formula is C18H17ClN4O2S. The van der Waals surface area contributed by atoms with E-state index < -0.39 is 0 Å². The second-order valence-corrected chi connectivity index (χ2v) is 6.84. The third-order valence-electron chi connectivity index (χ3n) is 3.63. The Labute approximate surface area is 160 Å². The number of aryl methyl sites for hydroxylation is 1. The molecule has 0 unspecified atom stereocenters. The van der Waals surface area contributed by atoms with Gasteiger partial charge < -0.3 is 10.1 Å². The van der Waals surface area contributed by atoms with Crippen LogP contribution in [0.3, 0.4) is 0 Å². The summed E-state index contributed by atoms with van der Waals surface area (Å²) in [5.74, 6) is 1.34. The van der Waals surface area contributed by atoms with E-state index in [1.54, 1.807) is 19.2 Å². The Morgan fingerprint density at radius 1 is 1.31 bits per heavy atom. The molecule has 0 aliphatic heterocycles. The van der Waals surface area contributed by atoms with E-state index in [2.05, 4.69) is 20.5 Å². The second-order valence-electron chi connectivity index (χ2n) is 5.46. The minimum Gasteiger partial charge on any atom is -0.496 e. The number of hydrogen-bond donors (Lipinski definition) is 2. The predicted molar refractivity (Wildman–Crippen MR) is 104 cm³/mol. The molecule has 0 aliphatic rings. The molecule has 2 aromatic carbocycles. The third-order valence-corrected chi connectivity index (χ3v) is 4.72. The van der Waals surface area contributed by atoms with Gasteiger partial charge in [-0.25, -0.2) is 4.98 Å². The second kappa shape index (κ2) is 8.25. The van der Waals surface area contributed by atoms with Gasteiger partial charge in [-0.3, -0.25) is 9.89 Å². The molecule has 1 aromatic heterocycles. The van der Waals surface area contributed by atoms with Crippen LogP contribution in [0.5, 0.6) is 5.75 Å². The van der Waals surface area contributed by atoms with Crippen molar-refractivity contribution in [2.45, 2.75) is 12.1 Å². The summed E-state index contributed by atoms with van der Waals surface area (Å²) in [6.45, 7) is 1.91. The summed E-state index contributed by atoms with van der Waals surface area (Å²) in [4.78, 5) is 16.6. The molecular weight excluding hydrogens is 372 g/mol. The lowest BCUT2D eigenvalue weighted by Crippen LogP contribution is -2.14. The Bertz CT molecular complexity index is 929. The minimum absolute atomic E-state index is 0.149. The average molecular weight is 389 g/mol. The summed E-state index contributed by atoms with van der Waals surface area (Å²) < 4.78 is 5.32. The molecule has 2 N–H and O–H groups in total. The van der Waals surface area contributed by atoms with Crippen LogP contribution < -0.4 is 10.1 Å². The fourth-order valence-corrected chi connectivity index (χ4v) is 3.09. The van der Waals surface area contributed by atoms with Gasteiger partial charge in [0.2, 0.25) is 11.1 Å². The maximum Gasteiger partial charge on any atom is 0.234 e. The van der Waals surface area contributed by atoms with Crippen LogP contribution in [0.15, 0.2) is 47.6 Å². The van der Waals surface area contributed by atoms with Crippen molar-refractivity contribution < 1.29 is 9.53 Å². The molecule has 0 atom stereocenters. The van der Waals surface area contributed by atoms with E-state index >= 15 is 0 Å². The molecule has 3 aromatic rings. The number of aromatic amines is 1. The number of hydrogen-bond acceptors (Lipinski definition) is 5. The van der Waals surface area contributed by atoms with Gasteiger partial charge in [0.05, 0.1) is 18.4 Å². The van der Waals surface area contributed by atoms with Gasteiger partial charge in [-0.15, -0.1) is 5.10 Å². The summed E-state index contributed by atoms with van der Waals surface area (Å²) in [5, 5.41) is 10.9. The Balaban J connectivity index is 1.63. The van der Waals surface area contributed by atoms with Crippen molar-refractivity contribution in [3.63, 3.8) is 0 Å². The van der Waals surface area contributed by atoms with Crippen LogP contribution in [0.2, 0.25) is 5.02 Å². The zero-order valence-corrected chi connectivity index (χ0v) is 15.8. The number of methoxy groups -OCH3 is 1. The van der Waals surface area contributed by atoms with E-state index in [-0.39, 0.29) is 11.7 Å². The Morgan fingerprint density at radius 3 is 2.92 bits per heavy atom. The highest BCUT2D eigenvalue weighted by atomic mass is 35.5. The molecule has 26 heavy (non-hydrogen) atoms. The molecule has 0 bridgehead atoms. The van der Waals surface area contributed by atoms with Crippen LogP contribution in [0.25, 0.3) is 11.4 Å². The lowest BCUT2D eigenvalue weighted by atomic mass is 10.2. The first-order valence-electron chi connectivity index (χ1n) is 7.81. The van der Waals surface area contributed by atoms with Gasteiger partial charge in [0, 0.05) is 10.7 Å². The highest BCUT2D eigenvalue weighted by molar-refractivity contribution is 7.99. The SMILES string of the molecule is COc1ccccc1-c1nc(SCC(=O)Nc2cc(Cl)ccc2C)n[nH]1. The zero-order chi connectivity index (χ0) is 18.5. The van der Waals surface area contributed by atoms with Crippen LogP contribution in [0, 0.1) is 6.92 Å². The van der Waals surface area contributed by atoms with Crippen LogP contribution in [-0.2, 0) is 4.79 Å². The van der Waals surface area contributed by atoms with E-state index in [0.29, 0.717) is 27.4 Å². The van der Waals surface area contributed by atoms with Crippen LogP contribution >= 0.6 is 23.4 Å². The monoisotopic (exact) mass is 388 g/mol. The maximum absolute atomic E-state index is 12.2. The largest absolute Gasteiger partial charge is 0.496 e.